The van der Waals surface area contributed by atoms with Gasteiger partial charge in [-0.2, -0.15) is 16.1 Å². The predicted octanol–water partition coefficient (Wildman–Crippen LogP) is 1.88. The number of sulfonamides is 1. The molecule has 1 heterocycles. The lowest BCUT2D eigenvalue weighted by atomic mass is 10.1. The molecule has 2 rings (SSSR count). The van der Waals surface area contributed by atoms with E-state index in [1.54, 1.807) is 30.0 Å². The topological polar surface area (TPSA) is 74.7 Å². The van der Waals surface area contributed by atoms with E-state index in [0.717, 1.165) is 11.1 Å². The lowest BCUT2D eigenvalue weighted by molar-refractivity contribution is -0.137. The molecule has 0 aliphatic carbocycles. The molecule has 1 atom stereocenters. The summed E-state index contributed by atoms with van der Waals surface area (Å²) >= 11 is 1.60. The first kappa shape index (κ1) is 16.3. The smallest absolute Gasteiger partial charge is 0.305 e. The van der Waals surface area contributed by atoms with Crippen LogP contribution in [0.1, 0.15) is 17.5 Å². The number of aliphatic carboxylic acids is 1. The fourth-order valence-electron chi connectivity index (χ4n) is 2.33. The number of nitrogens with zero attached hydrogens (tertiary/aromatic N) is 1. The van der Waals surface area contributed by atoms with E-state index in [1.165, 1.54) is 4.31 Å². The van der Waals surface area contributed by atoms with Gasteiger partial charge in [0.2, 0.25) is 10.0 Å². The van der Waals surface area contributed by atoms with E-state index in [2.05, 4.69) is 0 Å². The van der Waals surface area contributed by atoms with Gasteiger partial charge in [0.1, 0.15) is 0 Å². The average Bonchev–Trinajstić information content (AvgIpc) is 2.41. The van der Waals surface area contributed by atoms with Crippen LogP contribution in [0.25, 0.3) is 0 Å². The van der Waals surface area contributed by atoms with E-state index >= 15 is 0 Å². The fraction of sp³-hybridized carbons (Fsp3) is 0.500. The molecule has 0 spiro atoms. The van der Waals surface area contributed by atoms with E-state index in [4.69, 9.17) is 5.11 Å². The Kier molecular flexibility index (Phi) is 4.95. The maximum atomic E-state index is 12.8. The van der Waals surface area contributed by atoms with Gasteiger partial charge in [0.15, 0.2) is 0 Å². The maximum absolute atomic E-state index is 12.8. The number of hydrogen-bond donors (Lipinski definition) is 1. The maximum Gasteiger partial charge on any atom is 0.305 e. The van der Waals surface area contributed by atoms with E-state index < -0.39 is 22.0 Å². The summed E-state index contributed by atoms with van der Waals surface area (Å²) in [6.45, 7) is 4.16. The Morgan fingerprint density at radius 1 is 1.38 bits per heavy atom. The molecule has 1 unspecified atom stereocenters. The van der Waals surface area contributed by atoms with Gasteiger partial charge in [-0.25, -0.2) is 8.42 Å². The van der Waals surface area contributed by atoms with E-state index in [-0.39, 0.29) is 11.3 Å². The SMILES string of the molecule is Cc1ccc(S(=O)(=O)N2CCSCC2CC(=O)O)cc1C. The fourth-order valence-corrected chi connectivity index (χ4v) is 5.31. The van der Waals surface area contributed by atoms with Gasteiger partial charge in [0.05, 0.1) is 11.3 Å². The van der Waals surface area contributed by atoms with Gasteiger partial charge >= 0.3 is 5.97 Å². The zero-order chi connectivity index (χ0) is 15.6. The van der Waals surface area contributed by atoms with Crippen molar-refractivity contribution in [1.29, 1.82) is 0 Å². The number of carboxylic acid groups (broad SMARTS) is 1. The highest BCUT2D eigenvalue weighted by Gasteiger charge is 2.35. The molecule has 1 N–H and O–H groups in total. The number of benzene rings is 1. The molecule has 116 valence electrons. The molecule has 1 aliphatic rings. The number of carboxylic acids is 1. The lowest BCUT2D eigenvalue weighted by Crippen LogP contribution is -2.46. The van der Waals surface area contributed by atoms with Crippen molar-refractivity contribution in [2.24, 2.45) is 0 Å². The number of rotatable bonds is 4. The molecule has 5 nitrogen and oxygen atoms in total. The summed E-state index contributed by atoms with van der Waals surface area (Å²) in [7, 11) is -3.64. The quantitative estimate of drug-likeness (QED) is 0.913. The van der Waals surface area contributed by atoms with E-state index in [1.807, 2.05) is 13.8 Å². The van der Waals surface area contributed by atoms with Crippen molar-refractivity contribution in [3.8, 4) is 0 Å². The van der Waals surface area contributed by atoms with Crippen molar-refractivity contribution >= 4 is 27.8 Å². The van der Waals surface area contributed by atoms with Gasteiger partial charge in [-0.1, -0.05) is 6.07 Å². The van der Waals surface area contributed by atoms with Crippen molar-refractivity contribution in [3.63, 3.8) is 0 Å². The third-order valence-electron chi connectivity index (χ3n) is 3.67. The largest absolute Gasteiger partial charge is 0.481 e. The van der Waals surface area contributed by atoms with Crippen LogP contribution in [0.3, 0.4) is 0 Å². The van der Waals surface area contributed by atoms with Crippen molar-refractivity contribution in [1.82, 2.24) is 4.31 Å². The van der Waals surface area contributed by atoms with Crippen LogP contribution in [-0.2, 0) is 14.8 Å². The highest BCUT2D eigenvalue weighted by atomic mass is 32.2. The Morgan fingerprint density at radius 3 is 2.71 bits per heavy atom. The highest BCUT2D eigenvalue weighted by molar-refractivity contribution is 7.99. The van der Waals surface area contributed by atoms with Gasteiger partial charge in [-0.05, 0) is 37.1 Å². The second kappa shape index (κ2) is 6.37. The second-order valence-corrected chi connectivity index (χ2v) is 8.23. The molecule has 1 aromatic carbocycles. The summed E-state index contributed by atoms with van der Waals surface area (Å²) in [6, 6.07) is 4.56. The molecule has 1 fully saturated rings. The monoisotopic (exact) mass is 329 g/mol. The van der Waals surface area contributed by atoms with Crippen LogP contribution >= 0.6 is 11.8 Å². The van der Waals surface area contributed by atoms with E-state index in [9.17, 15) is 13.2 Å². The molecule has 1 saturated heterocycles. The zero-order valence-electron chi connectivity index (χ0n) is 12.1. The molecular formula is C14H19NO4S2. The van der Waals surface area contributed by atoms with Crippen LogP contribution in [0.15, 0.2) is 23.1 Å². The first-order chi connectivity index (χ1) is 9.82. The van der Waals surface area contributed by atoms with Crippen LogP contribution < -0.4 is 0 Å². The first-order valence-corrected chi connectivity index (χ1v) is 9.30. The second-order valence-electron chi connectivity index (χ2n) is 5.19. The molecule has 0 aromatic heterocycles. The van der Waals surface area contributed by atoms with Gasteiger partial charge < -0.3 is 5.11 Å². The van der Waals surface area contributed by atoms with Crippen LogP contribution in [0.5, 0.6) is 0 Å². The molecule has 7 heteroatoms. The summed E-state index contributed by atoms with van der Waals surface area (Å²) in [6.07, 6.45) is -0.156. The van der Waals surface area contributed by atoms with Crippen molar-refractivity contribution in [2.75, 3.05) is 18.1 Å². The van der Waals surface area contributed by atoms with Crippen LogP contribution in [0, 0.1) is 13.8 Å². The van der Waals surface area contributed by atoms with Gasteiger partial charge in [-0.3, -0.25) is 4.79 Å². The lowest BCUT2D eigenvalue weighted by Gasteiger charge is -2.33. The number of hydrogen-bond acceptors (Lipinski definition) is 4. The average molecular weight is 329 g/mol. The summed E-state index contributed by atoms with van der Waals surface area (Å²) in [5, 5.41) is 8.97. The number of thioether (sulfide) groups is 1. The molecular weight excluding hydrogens is 310 g/mol. The van der Waals surface area contributed by atoms with Crippen LogP contribution in [0.2, 0.25) is 0 Å². The first-order valence-electron chi connectivity index (χ1n) is 6.71. The van der Waals surface area contributed by atoms with Crippen molar-refractivity contribution in [3.05, 3.63) is 29.3 Å². The van der Waals surface area contributed by atoms with Crippen molar-refractivity contribution < 1.29 is 18.3 Å². The van der Waals surface area contributed by atoms with Gasteiger partial charge in [0.25, 0.3) is 0 Å². The van der Waals surface area contributed by atoms with Gasteiger partial charge in [-0.15, -0.1) is 0 Å². The number of carbonyl (C=O) groups is 1. The molecule has 0 radical (unpaired) electrons. The minimum Gasteiger partial charge on any atom is -0.481 e. The zero-order valence-corrected chi connectivity index (χ0v) is 13.7. The summed E-state index contributed by atoms with van der Waals surface area (Å²) in [5.41, 5.74) is 1.95. The third kappa shape index (κ3) is 3.59. The summed E-state index contributed by atoms with van der Waals surface area (Å²) in [4.78, 5) is 11.2. The van der Waals surface area contributed by atoms with E-state index in [0.29, 0.717) is 18.1 Å². The minimum absolute atomic E-state index is 0.156. The normalized spacial score (nSPS) is 20.4. The summed E-state index contributed by atoms with van der Waals surface area (Å²) in [5.74, 6) is 0.249. The van der Waals surface area contributed by atoms with Gasteiger partial charge in [0, 0.05) is 24.1 Å². The molecule has 21 heavy (non-hydrogen) atoms. The third-order valence-corrected chi connectivity index (χ3v) is 6.71. The predicted molar refractivity (Wildman–Crippen MR) is 83.2 cm³/mol. The molecule has 0 bridgehead atoms. The number of aryl methyl sites for hydroxylation is 2. The van der Waals surface area contributed by atoms with Crippen LogP contribution in [0.4, 0.5) is 0 Å². The Hall–Kier alpha value is -1.05. The minimum atomic E-state index is -3.64. The summed E-state index contributed by atoms with van der Waals surface area (Å²) < 4.78 is 26.9. The Balaban J connectivity index is 2.35. The molecule has 1 aromatic rings. The molecule has 0 saturated carbocycles. The van der Waals surface area contributed by atoms with Crippen molar-refractivity contribution in [2.45, 2.75) is 31.2 Å². The molecule has 1 aliphatic heterocycles. The van der Waals surface area contributed by atoms with Crippen LogP contribution in [-0.4, -0.2) is 47.9 Å². The Labute approximate surface area is 129 Å². The standard InChI is InChI=1S/C14H19NO4S2/c1-10-3-4-13(7-11(10)2)21(18,19)15-5-6-20-9-12(15)8-14(16)17/h3-4,7,12H,5-6,8-9H2,1-2H3,(H,16,17). The molecule has 0 amide bonds. The highest BCUT2D eigenvalue weighted by Crippen LogP contribution is 2.27. The Bertz CT molecular complexity index is 642. The Morgan fingerprint density at radius 2 is 2.10 bits per heavy atom.